The van der Waals surface area contributed by atoms with E-state index in [4.69, 9.17) is 0 Å². The van der Waals surface area contributed by atoms with E-state index >= 15 is 0 Å². The first-order valence-corrected chi connectivity index (χ1v) is 14.5. The lowest BCUT2D eigenvalue weighted by molar-refractivity contribution is 1.21. The summed E-state index contributed by atoms with van der Waals surface area (Å²) >= 11 is 0. The average molecular weight is 550 g/mol. The van der Waals surface area contributed by atoms with Crippen molar-refractivity contribution >= 4 is 54.3 Å². The summed E-state index contributed by atoms with van der Waals surface area (Å²) in [4.78, 5) is 14.2. The molecule has 0 fully saturated rings. The van der Waals surface area contributed by atoms with Crippen molar-refractivity contribution in [2.75, 3.05) is 0 Å². The maximum absolute atomic E-state index is 14.2. The second-order valence-electron chi connectivity index (χ2n) is 11.0. The van der Waals surface area contributed by atoms with E-state index in [2.05, 4.69) is 122 Å². The Bertz CT molecular complexity index is 2500. The SMILES string of the molecule is C=C/C=C(\C=C)c1ccc2c(c1)c1cc(-c3ccccc3)cc3c4cc(-c5ccc6ccccc6c5)ccc4c(=O)n2c31. The molecule has 202 valence electrons. The molecule has 0 bridgehead atoms. The highest BCUT2D eigenvalue weighted by Crippen LogP contribution is 2.40. The summed E-state index contributed by atoms with van der Waals surface area (Å²) in [6, 6.07) is 42.4. The molecule has 0 aliphatic heterocycles. The first-order chi connectivity index (χ1) is 21.1. The minimum Gasteiger partial charge on any atom is -0.275 e. The van der Waals surface area contributed by atoms with Crippen LogP contribution < -0.4 is 5.56 Å². The molecule has 0 atom stereocenters. The zero-order valence-electron chi connectivity index (χ0n) is 23.5. The van der Waals surface area contributed by atoms with Crippen LogP contribution in [0.5, 0.6) is 0 Å². The van der Waals surface area contributed by atoms with Crippen LogP contribution in [0.15, 0.2) is 158 Å². The van der Waals surface area contributed by atoms with Gasteiger partial charge in [0.15, 0.2) is 0 Å². The molecule has 0 spiro atoms. The Balaban J connectivity index is 1.50. The minimum atomic E-state index is -0.00153. The van der Waals surface area contributed by atoms with Gasteiger partial charge in [0.2, 0.25) is 0 Å². The lowest BCUT2D eigenvalue weighted by Crippen LogP contribution is -2.13. The first kappa shape index (κ1) is 25.0. The van der Waals surface area contributed by atoms with Crippen molar-refractivity contribution in [2.45, 2.75) is 0 Å². The van der Waals surface area contributed by atoms with E-state index in [-0.39, 0.29) is 5.56 Å². The van der Waals surface area contributed by atoms with Gasteiger partial charge in [-0.05, 0) is 92.0 Å². The number of fused-ring (bicyclic) bond motifs is 6. The third kappa shape index (κ3) is 3.84. The highest BCUT2D eigenvalue weighted by Gasteiger charge is 2.20. The Labute approximate surface area is 249 Å². The number of hydrogen-bond acceptors (Lipinski definition) is 1. The molecular weight excluding hydrogens is 522 g/mol. The van der Waals surface area contributed by atoms with Crippen LogP contribution in [-0.4, -0.2) is 4.40 Å². The summed E-state index contributed by atoms with van der Waals surface area (Å²) in [5.41, 5.74) is 8.36. The van der Waals surface area contributed by atoms with Crippen molar-refractivity contribution < 1.29 is 0 Å². The molecule has 6 aromatic carbocycles. The summed E-state index contributed by atoms with van der Waals surface area (Å²) in [6.45, 7) is 7.88. The van der Waals surface area contributed by atoms with Crippen LogP contribution >= 0.6 is 0 Å². The number of allylic oxidation sites excluding steroid dienone is 4. The van der Waals surface area contributed by atoms with Crippen LogP contribution in [0.3, 0.4) is 0 Å². The second-order valence-corrected chi connectivity index (χ2v) is 11.0. The molecule has 0 saturated heterocycles. The Hall–Kier alpha value is -5.73. The molecular formula is C41H27NO. The molecule has 0 N–H and O–H groups in total. The highest BCUT2D eigenvalue weighted by atomic mass is 16.1. The van der Waals surface area contributed by atoms with Crippen LogP contribution in [-0.2, 0) is 0 Å². The summed E-state index contributed by atoms with van der Waals surface area (Å²) in [5.74, 6) is 0. The van der Waals surface area contributed by atoms with E-state index in [0.717, 1.165) is 66.0 Å². The molecule has 8 rings (SSSR count). The van der Waals surface area contributed by atoms with Crippen LogP contribution in [0.1, 0.15) is 5.56 Å². The van der Waals surface area contributed by atoms with Crippen molar-refractivity contribution in [3.63, 3.8) is 0 Å². The van der Waals surface area contributed by atoms with Gasteiger partial charge in [0.1, 0.15) is 0 Å². The summed E-state index contributed by atoms with van der Waals surface area (Å²) in [6.07, 6.45) is 5.58. The van der Waals surface area contributed by atoms with Gasteiger partial charge in [-0.15, -0.1) is 0 Å². The van der Waals surface area contributed by atoms with Gasteiger partial charge in [0.25, 0.3) is 5.56 Å². The van der Waals surface area contributed by atoms with Gasteiger partial charge in [-0.1, -0.05) is 110 Å². The molecule has 2 heteroatoms. The molecule has 0 aliphatic carbocycles. The molecule has 2 aromatic heterocycles. The van der Waals surface area contributed by atoms with Gasteiger partial charge in [-0.3, -0.25) is 9.20 Å². The molecule has 0 amide bonds. The quantitative estimate of drug-likeness (QED) is 0.155. The smallest absolute Gasteiger partial charge is 0.263 e. The Morgan fingerprint density at radius 3 is 2.05 bits per heavy atom. The van der Waals surface area contributed by atoms with E-state index < -0.39 is 0 Å². The topological polar surface area (TPSA) is 21.5 Å². The highest BCUT2D eigenvalue weighted by molar-refractivity contribution is 6.22. The van der Waals surface area contributed by atoms with E-state index in [0.29, 0.717) is 5.39 Å². The van der Waals surface area contributed by atoms with Crippen molar-refractivity contribution in [1.82, 2.24) is 4.40 Å². The third-order valence-electron chi connectivity index (χ3n) is 8.64. The first-order valence-electron chi connectivity index (χ1n) is 14.5. The van der Waals surface area contributed by atoms with E-state index in [1.165, 1.54) is 10.8 Å². The minimum absolute atomic E-state index is 0.00153. The summed E-state index contributed by atoms with van der Waals surface area (Å²) in [5, 5.41) is 7.25. The van der Waals surface area contributed by atoms with E-state index in [1.54, 1.807) is 6.08 Å². The monoisotopic (exact) mass is 549 g/mol. The maximum atomic E-state index is 14.2. The number of rotatable bonds is 5. The fraction of sp³-hybridized carbons (Fsp3) is 0. The van der Waals surface area contributed by atoms with Gasteiger partial charge in [0, 0.05) is 21.5 Å². The van der Waals surface area contributed by atoms with Crippen molar-refractivity contribution in [3.05, 3.63) is 169 Å². The van der Waals surface area contributed by atoms with Gasteiger partial charge in [-0.25, -0.2) is 0 Å². The predicted molar refractivity (Wildman–Crippen MR) is 184 cm³/mol. The molecule has 2 heterocycles. The number of benzene rings is 6. The zero-order chi connectivity index (χ0) is 29.1. The van der Waals surface area contributed by atoms with Crippen LogP contribution in [0.25, 0.3) is 76.6 Å². The van der Waals surface area contributed by atoms with Gasteiger partial charge >= 0.3 is 0 Å². The predicted octanol–water partition coefficient (Wildman–Crippen LogP) is 10.4. The van der Waals surface area contributed by atoms with Crippen LogP contribution in [0.4, 0.5) is 0 Å². The van der Waals surface area contributed by atoms with Gasteiger partial charge in [0.05, 0.1) is 11.0 Å². The van der Waals surface area contributed by atoms with Crippen LogP contribution in [0.2, 0.25) is 0 Å². The Morgan fingerprint density at radius 1 is 0.558 bits per heavy atom. The summed E-state index contributed by atoms with van der Waals surface area (Å²) < 4.78 is 1.90. The molecule has 0 saturated carbocycles. The van der Waals surface area contributed by atoms with Crippen molar-refractivity contribution in [3.8, 4) is 22.3 Å². The standard InChI is InChI=1S/C41H27NO/c1-3-10-26(4-2)31-18-20-39-36(23-31)38-25-33(27-11-6-5-7-12-27)24-37-35-22-32(17-19-34(35)41(43)42(39)40(37)38)30-16-15-28-13-8-9-14-29(28)21-30/h3-25H,1-2H2/b26-10+. The number of aromatic nitrogens is 1. The maximum Gasteiger partial charge on any atom is 0.263 e. The summed E-state index contributed by atoms with van der Waals surface area (Å²) in [7, 11) is 0. The average Bonchev–Trinajstić information content (AvgIpc) is 3.40. The lowest BCUT2D eigenvalue weighted by Gasteiger charge is -2.11. The molecule has 0 radical (unpaired) electrons. The number of hydrogen-bond donors (Lipinski definition) is 0. The fourth-order valence-corrected chi connectivity index (χ4v) is 6.57. The third-order valence-corrected chi connectivity index (χ3v) is 8.64. The van der Waals surface area contributed by atoms with Gasteiger partial charge < -0.3 is 0 Å². The second kappa shape index (κ2) is 9.68. The Kier molecular flexibility index (Phi) is 5.63. The molecule has 0 aliphatic rings. The number of nitrogens with zero attached hydrogens (tertiary/aromatic N) is 1. The molecule has 2 nitrogen and oxygen atoms in total. The fourth-order valence-electron chi connectivity index (χ4n) is 6.57. The largest absolute Gasteiger partial charge is 0.275 e. The normalized spacial score (nSPS) is 12.1. The Morgan fingerprint density at radius 2 is 1.26 bits per heavy atom. The molecule has 43 heavy (non-hydrogen) atoms. The molecule has 0 unspecified atom stereocenters. The van der Waals surface area contributed by atoms with Crippen molar-refractivity contribution in [2.24, 2.45) is 0 Å². The van der Waals surface area contributed by atoms with E-state index in [1.807, 2.05) is 28.7 Å². The molecule has 8 aromatic rings. The van der Waals surface area contributed by atoms with E-state index in [9.17, 15) is 4.79 Å². The van der Waals surface area contributed by atoms with Gasteiger partial charge in [-0.2, -0.15) is 0 Å². The zero-order valence-corrected chi connectivity index (χ0v) is 23.5. The van der Waals surface area contributed by atoms with Crippen LogP contribution in [0, 0.1) is 0 Å². The number of pyridine rings is 1. The lowest BCUT2D eigenvalue weighted by atomic mass is 9.94. The van der Waals surface area contributed by atoms with Crippen molar-refractivity contribution in [1.29, 1.82) is 0 Å².